The summed E-state index contributed by atoms with van der Waals surface area (Å²) < 4.78 is 5.68. The molecule has 2 aliphatic heterocycles. The molecule has 16 heavy (non-hydrogen) atoms. The van der Waals surface area contributed by atoms with E-state index >= 15 is 0 Å². The van der Waals surface area contributed by atoms with Crippen LogP contribution in [0.15, 0.2) is 0 Å². The molecule has 2 saturated heterocycles. The molecule has 1 atom stereocenters. The molecular weight excluding hydrogens is 222 g/mol. The molecule has 2 rings (SSSR count). The molecule has 0 spiro atoms. The van der Waals surface area contributed by atoms with Crippen LogP contribution in [0.4, 0.5) is 0 Å². The molecule has 94 valence electrons. The Morgan fingerprint density at radius 2 is 2.06 bits per heavy atom. The Balaban J connectivity index is 1.82. The van der Waals surface area contributed by atoms with Crippen molar-refractivity contribution in [3.8, 4) is 0 Å². The Kier molecular flexibility index (Phi) is 3.84. The van der Waals surface area contributed by atoms with Crippen molar-refractivity contribution in [3.05, 3.63) is 0 Å². The zero-order chi connectivity index (χ0) is 11.6. The van der Waals surface area contributed by atoms with E-state index in [4.69, 9.17) is 4.74 Å². The third-order valence-electron chi connectivity index (χ3n) is 3.82. The average Bonchev–Trinajstić information content (AvgIpc) is 2.56. The predicted molar refractivity (Wildman–Crippen MR) is 67.9 cm³/mol. The summed E-state index contributed by atoms with van der Waals surface area (Å²) in [6.07, 6.45) is 2.88. The SMILES string of the molecule is CC1(C)OCCC1NCC1(O)CCSCC1. The maximum Gasteiger partial charge on any atom is 0.0787 e. The average molecular weight is 245 g/mol. The maximum atomic E-state index is 10.4. The number of hydrogen-bond donors (Lipinski definition) is 2. The van der Waals surface area contributed by atoms with Crippen molar-refractivity contribution in [1.29, 1.82) is 0 Å². The van der Waals surface area contributed by atoms with Crippen LogP contribution < -0.4 is 5.32 Å². The highest BCUT2D eigenvalue weighted by Gasteiger charge is 2.37. The predicted octanol–water partition coefficient (Wildman–Crippen LogP) is 1.40. The van der Waals surface area contributed by atoms with Gasteiger partial charge in [-0.3, -0.25) is 0 Å². The van der Waals surface area contributed by atoms with E-state index in [0.717, 1.165) is 37.4 Å². The van der Waals surface area contributed by atoms with Gasteiger partial charge in [-0.25, -0.2) is 0 Å². The molecule has 0 aromatic carbocycles. The minimum atomic E-state index is -0.482. The molecule has 4 heteroatoms. The van der Waals surface area contributed by atoms with Gasteiger partial charge in [-0.1, -0.05) is 0 Å². The topological polar surface area (TPSA) is 41.5 Å². The molecule has 3 nitrogen and oxygen atoms in total. The number of hydrogen-bond acceptors (Lipinski definition) is 4. The Hall–Kier alpha value is 0.230. The largest absolute Gasteiger partial charge is 0.389 e. The van der Waals surface area contributed by atoms with Crippen molar-refractivity contribution in [2.24, 2.45) is 0 Å². The van der Waals surface area contributed by atoms with Crippen molar-refractivity contribution in [1.82, 2.24) is 5.32 Å². The highest BCUT2D eigenvalue weighted by molar-refractivity contribution is 7.99. The number of rotatable bonds is 3. The maximum absolute atomic E-state index is 10.4. The summed E-state index contributed by atoms with van der Waals surface area (Å²) in [6.45, 7) is 5.79. The van der Waals surface area contributed by atoms with E-state index in [2.05, 4.69) is 19.2 Å². The highest BCUT2D eigenvalue weighted by Crippen LogP contribution is 2.29. The second-order valence-electron chi connectivity index (χ2n) is 5.51. The van der Waals surface area contributed by atoms with Gasteiger partial charge in [0.1, 0.15) is 0 Å². The number of thioether (sulfide) groups is 1. The smallest absolute Gasteiger partial charge is 0.0787 e. The molecule has 0 radical (unpaired) electrons. The zero-order valence-electron chi connectivity index (χ0n) is 10.3. The molecule has 0 aliphatic carbocycles. The molecule has 2 aliphatic rings. The van der Waals surface area contributed by atoms with Gasteiger partial charge in [-0.15, -0.1) is 0 Å². The van der Waals surface area contributed by atoms with Crippen LogP contribution in [0.1, 0.15) is 33.1 Å². The van der Waals surface area contributed by atoms with Crippen LogP contribution in [-0.4, -0.2) is 47.0 Å². The van der Waals surface area contributed by atoms with E-state index in [1.54, 1.807) is 0 Å². The molecule has 0 aromatic rings. The summed E-state index contributed by atoms with van der Waals surface area (Å²) in [4.78, 5) is 0. The van der Waals surface area contributed by atoms with Gasteiger partial charge >= 0.3 is 0 Å². The van der Waals surface area contributed by atoms with Crippen molar-refractivity contribution in [2.75, 3.05) is 24.7 Å². The third kappa shape index (κ3) is 2.92. The van der Waals surface area contributed by atoms with Crippen LogP contribution in [-0.2, 0) is 4.74 Å². The molecule has 0 aromatic heterocycles. The van der Waals surface area contributed by atoms with E-state index in [1.165, 1.54) is 0 Å². The Morgan fingerprint density at radius 1 is 1.38 bits per heavy atom. The van der Waals surface area contributed by atoms with Crippen LogP contribution in [0.5, 0.6) is 0 Å². The van der Waals surface area contributed by atoms with E-state index in [0.29, 0.717) is 12.6 Å². The number of aliphatic hydroxyl groups is 1. The molecule has 2 heterocycles. The number of nitrogens with one attached hydrogen (secondary N) is 1. The molecule has 0 amide bonds. The first-order chi connectivity index (χ1) is 7.52. The molecule has 2 N–H and O–H groups in total. The highest BCUT2D eigenvalue weighted by atomic mass is 32.2. The number of ether oxygens (including phenoxy) is 1. The first-order valence-electron chi connectivity index (χ1n) is 6.19. The molecule has 0 saturated carbocycles. The normalized spacial score (nSPS) is 32.8. The summed E-state index contributed by atoms with van der Waals surface area (Å²) in [7, 11) is 0. The van der Waals surface area contributed by atoms with Crippen molar-refractivity contribution < 1.29 is 9.84 Å². The van der Waals surface area contributed by atoms with Crippen LogP contribution in [0.2, 0.25) is 0 Å². The first kappa shape index (κ1) is 12.7. The second-order valence-corrected chi connectivity index (χ2v) is 6.74. The van der Waals surface area contributed by atoms with Crippen LogP contribution in [0.25, 0.3) is 0 Å². The van der Waals surface area contributed by atoms with Gasteiger partial charge in [-0.2, -0.15) is 11.8 Å². The lowest BCUT2D eigenvalue weighted by Gasteiger charge is -2.35. The molecule has 0 bridgehead atoms. The second kappa shape index (κ2) is 4.84. The summed E-state index contributed by atoms with van der Waals surface area (Å²) >= 11 is 1.94. The minimum Gasteiger partial charge on any atom is -0.389 e. The summed E-state index contributed by atoms with van der Waals surface area (Å²) in [6, 6.07) is 0.381. The van der Waals surface area contributed by atoms with E-state index in [9.17, 15) is 5.11 Å². The lowest BCUT2D eigenvalue weighted by atomic mass is 9.94. The van der Waals surface area contributed by atoms with Crippen molar-refractivity contribution in [3.63, 3.8) is 0 Å². The summed E-state index contributed by atoms with van der Waals surface area (Å²) in [5.74, 6) is 2.17. The van der Waals surface area contributed by atoms with E-state index in [1.807, 2.05) is 11.8 Å². The summed E-state index contributed by atoms with van der Waals surface area (Å²) in [5, 5.41) is 13.9. The van der Waals surface area contributed by atoms with Gasteiger partial charge in [0, 0.05) is 19.2 Å². The van der Waals surface area contributed by atoms with Crippen LogP contribution in [0.3, 0.4) is 0 Å². The fourth-order valence-corrected chi connectivity index (χ4v) is 3.73. The van der Waals surface area contributed by atoms with Gasteiger partial charge in [0.15, 0.2) is 0 Å². The van der Waals surface area contributed by atoms with Gasteiger partial charge < -0.3 is 15.2 Å². The standard InChI is InChI=1S/C12H23NO2S/c1-11(2)10(3-6-15-11)13-9-12(14)4-7-16-8-5-12/h10,13-14H,3-9H2,1-2H3. The first-order valence-corrected chi connectivity index (χ1v) is 7.35. The van der Waals surface area contributed by atoms with Gasteiger partial charge in [-0.05, 0) is 44.6 Å². The van der Waals surface area contributed by atoms with Crippen LogP contribution >= 0.6 is 11.8 Å². The van der Waals surface area contributed by atoms with Gasteiger partial charge in [0.25, 0.3) is 0 Å². The Morgan fingerprint density at radius 3 is 2.62 bits per heavy atom. The van der Waals surface area contributed by atoms with Crippen molar-refractivity contribution in [2.45, 2.75) is 50.4 Å². The zero-order valence-corrected chi connectivity index (χ0v) is 11.1. The minimum absolute atomic E-state index is 0.0836. The third-order valence-corrected chi connectivity index (χ3v) is 4.81. The van der Waals surface area contributed by atoms with E-state index in [-0.39, 0.29) is 5.60 Å². The Labute approximate surface area is 102 Å². The van der Waals surface area contributed by atoms with Gasteiger partial charge in [0.05, 0.1) is 11.2 Å². The molecule has 1 unspecified atom stereocenters. The molecule has 2 fully saturated rings. The van der Waals surface area contributed by atoms with Gasteiger partial charge in [0.2, 0.25) is 0 Å². The summed E-state index contributed by atoms with van der Waals surface area (Å²) in [5.41, 5.74) is -0.566. The fourth-order valence-electron chi connectivity index (χ4n) is 2.48. The fraction of sp³-hybridized carbons (Fsp3) is 1.00. The van der Waals surface area contributed by atoms with Crippen molar-refractivity contribution >= 4 is 11.8 Å². The Bertz CT molecular complexity index is 239. The monoisotopic (exact) mass is 245 g/mol. The lowest BCUT2D eigenvalue weighted by molar-refractivity contribution is 0.00300. The quantitative estimate of drug-likeness (QED) is 0.789. The van der Waals surface area contributed by atoms with Crippen LogP contribution in [0, 0.1) is 0 Å². The lowest BCUT2D eigenvalue weighted by Crippen LogP contribution is -2.51. The van der Waals surface area contributed by atoms with E-state index < -0.39 is 5.60 Å². The molecular formula is C12H23NO2S.